The van der Waals surface area contributed by atoms with E-state index in [0.717, 1.165) is 38.7 Å². The van der Waals surface area contributed by atoms with Gasteiger partial charge in [-0.3, -0.25) is 4.79 Å². The molecule has 1 amide bonds. The lowest BCUT2D eigenvalue weighted by atomic mass is 9.68. The summed E-state index contributed by atoms with van der Waals surface area (Å²) in [5, 5.41) is 5.28. The average Bonchev–Trinajstić information content (AvgIpc) is 3.00. The highest BCUT2D eigenvalue weighted by Crippen LogP contribution is 2.39. The molecule has 114 valence electrons. The van der Waals surface area contributed by atoms with Crippen molar-refractivity contribution in [2.45, 2.75) is 56.2 Å². The highest BCUT2D eigenvalue weighted by atomic mass is 32.1. The second-order valence-electron chi connectivity index (χ2n) is 6.50. The predicted molar refractivity (Wildman–Crippen MR) is 82.4 cm³/mol. The van der Waals surface area contributed by atoms with Gasteiger partial charge in [-0.1, -0.05) is 0 Å². The molecule has 4 rings (SSSR count). The van der Waals surface area contributed by atoms with Crippen LogP contribution in [0.15, 0.2) is 11.4 Å². The number of ether oxygens (including phenoxy) is 1. The number of hydrogen-bond acceptors (Lipinski definition) is 4. The maximum atomic E-state index is 12.7. The van der Waals surface area contributed by atoms with Gasteiger partial charge in [-0.25, -0.2) is 0 Å². The molecule has 0 radical (unpaired) electrons. The van der Waals surface area contributed by atoms with Gasteiger partial charge < -0.3 is 15.8 Å². The van der Waals surface area contributed by atoms with E-state index in [0.29, 0.717) is 5.92 Å². The van der Waals surface area contributed by atoms with Crippen LogP contribution in [0.2, 0.25) is 0 Å². The lowest BCUT2D eigenvalue weighted by Crippen LogP contribution is -2.72. The van der Waals surface area contributed by atoms with Crippen molar-refractivity contribution in [2.75, 3.05) is 6.61 Å². The smallest absolute Gasteiger partial charge is 0.227 e. The Morgan fingerprint density at radius 3 is 3.19 bits per heavy atom. The normalized spacial score (nSPS) is 38.0. The maximum Gasteiger partial charge on any atom is 0.227 e. The summed E-state index contributed by atoms with van der Waals surface area (Å²) in [6.45, 7) is 0.804. The number of thiophene rings is 1. The molecule has 3 N–H and O–H groups in total. The first-order chi connectivity index (χ1) is 10.3. The Labute approximate surface area is 129 Å². The molecule has 1 aromatic rings. The number of nitrogens with one attached hydrogen (secondary N) is 1. The van der Waals surface area contributed by atoms with E-state index in [9.17, 15) is 4.79 Å². The van der Waals surface area contributed by atoms with Crippen LogP contribution in [0, 0.1) is 5.92 Å². The zero-order valence-electron chi connectivity index (χ0n) is 12.1. The van der Waals surface area contributed by atoms with Gasteiger partial charge in [0.1, 0.15) is 0 Å². The molecule has 1 saturated carbocycles. The van der Waals surface area contributed by atoms with Crippen LogP contribution < -0.4 is 11.1 Å². The lowest BCUT2D eigenvalue weighted by molar-refractivity contribution is -0.140. The largest absolute Gasteiger partial charge is 0.376 e. The van der Waals surface area contributed by atoms with E-state index in [4.69, 9.17) is 10.5 Å². The highest BCUT2D eigenvalue weighted by Gasteiger charge is 2.51. The molecule has 1 aromatic heterocycles. The third kappa shape index (κ3) is 2.22. The van der Waals surface area contributed by atoms with Gasteiger partial charge in [0, 0.05) is 23.4 Å². The minimum Gasteiger partial charge on any atom is -0.376 e. The SMILES string of the molecule is NC1C2CCCOC2C1NC(=O)C1CCCc2sccc21. The molecule has 2 heterocycles. The first-order valence-electron chi connectivity index (χ1n) is 7.99. The predicted octanol–water partition coefficient (Wildman–Crippen LogP) is 1.79. The quantitative estimate of drug-likeness (QED) is 0.875. The monoisotopic (exact) mass is 306 g/mol. The van der Waals surface area contributed by atoms with E-state index in [1.807, 2.05) is 0 Å². The number of amides is 1. The molecule has 5 heteroatoms. The Hall–Kier alpha value is -0.910. The lowest BCUT2D eigenvalue weighted by Gasteiger charge is -2.52. The van der Waals surface area contributed by atoms with Gasteiger partial charge in [0.2, 0.25) is 5.91 Å². The van der Waals surface area contributed by atoms with E-state index < -0.39 is 0 Å². The van der Waals surface area contributed by atoms with Crippen LogP contribution in [0.3, 0.4) is 0 Å². The van der Waals surface area contributed by atoms with Crippen LogP contribution in [0.25, 0.3) is 0 Å². The number of carbonyl (C=O) groups is 1. The molecule has 5 unspecified atom stereocenters. The van der Waals surface area contributed by atoms with E-state index >= 15 is 0 Å². The molecule has 1 aliphatic heterocycles. The minimum atomic E-state index is 0.00631. The summed E-state index contributed by atoms with van der Waals surface area (Å²) in [7, 11) is 0. The van der Waals surface area contributed by atoms with Crippen LogP contribution in [-0.2, 0) is 16.0 Å². The number of carbonyl (C=O) groups excluding carboxylic acids is 1. The third-order valence-corrected chi connectivity index (χ3v) is 6.35. The van der Waals surface area contributed by atoms with Gasteiger partial charge in [-0.2, -0.15) is 0 Å². The van der Waals surface area contributed by atoms with Crippen molar-refractivity contribution in [1.29, 1.82) is 0 Å². The van der Waals surface area contributed by atoms with E-state index in [2.05, 4.69) is 16.8 Å². The molecular formula is C16H22N2O2S. The molecule has 0 spiro atoms. The van der Waals surface area contributed by atoms with Gasteiger partial charge in [-0.05, 0) is 49.1 Å². The molecule has 0 bridgehead atoms. The van der Waals surface area contributed by atoms with Gasteiger partial charge in [0.05, 0.1) is 18.1 Å². The summed E-state index contributed by atoms with van der Waals surface area (Å²) in [5.74, 6) is 0.587. The van der Waals surface area contributed by atoms with Crippen molar-refractivity contribution in [1.82, 2.24) is 5.32 Å². The number of aryl methyl sites for hydroxylation is 1. The molecule has 4 nitrogen and oxygen atoms in total. The van der Waals surface area contributed by atoms with Crippen LogP contribution in [0.5, 0.6) is 0 Å². The summed E-state index contributed by atoms with van der Waals surface area (Å²) < 4.78 is 5.81. The zero-order valence-corrected chi connectivity index (χ0v) is 12.9. The summed E-state index contributed by atoms with van der Waals surface area (Å²) in [4.78, 5) is 14.0. The Morgan fingerprint density at radius 1 is 1.38 bits per heavy atom. The highest BCUT2D eigenvalue weighted by molar-refractivity contribution is 7.10. The van der Waals surface area contributed by atoms with Crippen molar-refractivity contribution in [3.05, 3.63) is 21.9 Å². The van der Waals surface area contributed by atoms with Crippen LogP contribution in [-0.4, -0.2) is 30.7 Å². The van der Waals surface area contributed by atoms with Gasteiger partial charge in [-0.15, -0.1) is 11.3 Å². The topological polar surface area (TPSA) is 64.3 Å². The molecule has 21 heavy (non-hydrogen) atoms. The van der Waals surface area contributed by atoms with Crippen molar-refractivity contribution in [2.24, 2.45) is 11.7 Å². The Kier molecular flexibility index (Phi) is 3.52. The van der Waals surface area contributed by atoms with Gasteiger partial charge in [0.15, 0.2) is 0 Å². The van der Waals surface area contributed by atoms with Gasteiger partial charge >= 0.3 is 0 Å². The van der Waals surface area contributed by atoms with Crippen LogP contribution in [0.4, 0.5) is 0 Å². The molecular weight excluding hydrogens is 284 g/mol. The molecule has 3 aliphatic rings. The average molecular weight is 306 g/mol. The fraction of sp³-hybridized carbons (Fsp3) is 0.688. The number of hydrogen-bond donors (Lipinski definition) is 2. The second kappa shape index (κ2) is 5.38. The zero-order chi connectivity index (χ0) is 14.4. The molecule has 2 aliphatic carbocycles. The number of fused-ring (bicyclic) bond motifs is 2. The Bertz CT molecular complexity index is 544. The summed E-state index contributed by atoms with van der Waals surface area (Å²) in [6, 6.07) is 2.18. The minimum absolute atomic E-state index is 0.00631. The summed E-state index contributed by atoms with van der Waals surface area (Å²) in [5.41, 5.74) is 7.47. The van der Waals surface area contributed by atoms with Crippen molar-refractivity contribution >= 4 is 17.2 Å². The number of rotatable bonds is 2. The standard InChI is InChI=1S/C16H22N2O2S/c17-13-11-4-2-7-20-15(11)14(13)18-16(19)10-3-1-5-12-9(10)6-8-21-12/h6,8,10-11,13-15H,1-5,7,17H2,(H,18,19). The van der Waals surface area contributed by atoms with Crippen molar-refractivity contribution in [3.63, 3.8) is 0 Å². The van der Waals surface area contributed by atoms with E-state index in [1.165, 1.54) is 10.4 Å². The van der Waals surface area contributed by atoms with Crippen molar-refractivity contribution < 1.29 is 9.53 Å². The third-order valence-electron chi connectivity index (χ3n) is 5.35. The Morgan fingerprint density at radius 2 is 2.29 bits per heavy atom. The number of nitrogens with two attached hydrogens (primary N) is 1. The fourth-order valence-electron chi connectivity index (χ4n) is 4.15. The first kappa shape index (κ1) is 13.7. The van der Waals surface area contributed by atoms with Gasteiger partial charge in [0.25, 0.3) is 0 Å². The van der Waals surface area contributed by atoms with Crippen molar-refractivity contribution in [3.8, 4) is 0 Å². The molecule has 2 fully saturated rings. The fourth-order valence-corrected chi connectivity index (χ4v) is 5.14. The van der Waals surface area contributed by atoms with E-state index in [1.54, 1.807) is 11.3 Å². The first-order valence-corrected chi connectivity index (χ1v) is 8.87. The second-order valence-corrected chi connectivity index (χ2v) is 7.50. The molecule has 0 aromatic carbocycles. The van der Waals surface area contributed by atoms with Crippen LogP contribution >= 0.6 is 11.3 Å². The Balaban J connectivity index is 1.45. The molecule has 1 saturated heterocycles. The van der Waals surface area contributed by atoms with E-state index in [-0.39, 0.29) is 30.0 Å². The summed E-state index contributed by atoms with van der Waals surface area (Å²) in [6.07, 6.45) is 5.54. The summed E-state index contributed by atoms with van der Waals surface area (Å²) >= 11 is 1.77. The molecule has 5 atom stereocenters. The van der Waals surface area contributed by atoms with Crippen LogP contribution in [0.1, 0.15) is 42.0 Å². The maximum absolute atomic E-state index is 12.7.